The summed E-state index contributed by atoms with van der Waals surface area (Å²) in [4.78, 5) is 40.3. The Morgan fingerprint density at radius 2 is 2.04 bits per heavy atom. The van der Waals surface area contributed by atoms with Crippen molar-refractivity contribution in [1.29, 1.82) is 0 Å². The van der Waals surface area contributed by atoms with Gasteiger partial charge in [0.25, 0.3) is 5.56 Å². The molecule has 0 spiro atoms. The molecule has 0 aromatic heterocycles. The smallest absolute Gasteiger partial charge is 0.349 e. The lowest BCUT2D eigenvalue weighted by Gasteiger charge is -2.16. The highest BCUT2D eigenvalue weighted by molar-refractivity contribution is 5.66. The van der Waals surface area contributed by atoms with Crippen LogP contribution in [0.15, 0.2) is 21.9 Å². The van der Waals surface area contributed by atoms with E-state index in [0.717, 1.165) is 37.7 Å². The highest BCUT2D eigenvalue weighted by atomic mass is 16.4. The standard InChI is InChI=1S/C17H23N3O4/c1-2-3-7-12-10-13-15(18-17(24)19-16(13)23)20(11-12)9-6-4-5-8-14(21)22/h10-11H,2-9H2,1H3,(H,21,22)(H,19,23,24). The van der Waals surface area contributed by atoms with E-state index >= 15 is 0 Å². The van der Waals surface area contributed by atoms with Crippen molar-refractivity contribution in [3.05, 3.63) is 38.7 Å². The fraction of sp³-hybridized carbons (Fsp3) is 0.529. The molecule has 2 heterocycles. The molecule has 0 fully saturated rings. The van der Waals surface area contributed by atoms with Gasteiger partial charge in [0.2, 0.25) is 0 Å². The van der Waals surface area contributed by atoms with Crippen LogP contribution in [-0.4, -0.2) is 25.6 Å². The van der Waals surface area contributed by atoms with Crippen LogP contribution in [0.5, 0.6) is 0 Å². The first kappa shape index (κ1) is 17.9. The van der Waals surface area contributed by atoms with Gasteiger partial charge in [0.05, 0.1) is 5.56 Å². The number of fused-ring (bicyclic) bond motifs is 1. The van der Waals surface area contributed by atoms with Gasteiger partial charge in [-0.1, -0.05) is 19.8 Å². The third-order valence-corrected chi connectivity index (χ3v) is 3.95. The summed E-state index contributed by atoms with van der Waals surface area (Å²) < 4.78 is 1.84. The van der Waals surface area contributed by atoms with E-state index in [-0.39, 0.29) is 6.42 Å². The van der Waals surface area contributed by atoms with E-state index in [9.17, 15) is 14.4 Å². The van der Waals surface area contributed by atoms with Gasteiger partial charge in [0.15, 0.2) is 5.82 Å². The number of carboxylic acids is 1. The van der Waals surface area contributed by atoms with Crippen LogP contribution in [-0.2, 0) is 17.8 Å². The molecule has 0 saturated heterocycles. The van der Waals surface area contributed by atoms with Crippen molar-refractivity contribution in [3.8, 4) is 11.4 Å². The number of carboxylic acid groups (broad SMARTS) is 1. The van der Waals surface area contributed by atoms with E-state index in [0.29, 0.717) is 24.4 Å². The molecule has 2 N–H and O–H groups in total. The second-order valence-electron chi connectivity index (χ2n) is 5.96. The Balaban J connectivity index is 2.23. The SMILES string of the molecule is CCCCc1cc2c(=O)[nH]c(=O)nc-2n(CCCCCC(=O)O)c1. The first-order chi connectivity index (χ1) is 11.5. The maximum Gasteiger partial charge on any atom is 0.349 e. The minimum absolute atomic E-state index is 0.157. The van der Waals surface area contributed by atoms with Crippen LogP contribution in [0.2, 0.25) is 0 Å². The molecule has 24 heavy (non-hydrogen) atoms. The molecule has 7 heteroatoms. The Bertz CT molecular complexity index is 778. The number of aryl methyl sites for hydroxylation is 2. The zero-order chi connectivity index (χ0) is 17.5. The van der Waals surface area contributed by atoms with Gasteiger partial charge < -0.3 is 9.67 Å². The van der Waals surface area contributed by atoms with Gasteiger partial charge >= 0.3 is 11.7 Å². The van der Waals surface area contributed by atoms with E-state index in [1.165, 1.54) is 0 Å². The minimum atomic E-state index is -0.793. The van der Waals surface area contributed by atoms with Crippen LogP contribution in [0.25, 0.3) is 11.4 Å². The molecule has 0 aromatic rings. The van der Waals surface area contributed by atoms with Crippen LogP contribution in [0.3, 0.4) is 0 Å². The number of H-pyrrole nitrogens is 1. The Labute approximate surface area is 139 Å². The second kappa shape index (κ2) is 8.42. The van der Waals surface area contributed by atoms with Crippen molar-refractivity contribution in [2.75, 3.05) is 0 Å². The number of hydrogen-bond acceptors (Lipinski definition) is 4. The largest absolute Gasteiger partial charge is 0.481 e. The highest BCUT2D eigenvalue weighted by Crippen LogP contribution is 2.18. The molecule has 0 radical (unpaired) electrons. The monoisotopic (exact) mass is 333 g/mol. The number of rotatable bonds is 9. The highest BCUT2D eigenvalue weighted by Gasteiger charge is 2.15. The number of nitrogens with one attached hydrogen (secondary N) is 1. The van der Waals surface area contributed by atoms with Crippen molar-refractivity contribution in [3.63, 3.8) is 0 Å². The minimum Gasteiger partial charge on any atom is -0.481 e. The molecule has 0 aromatic carbocycles. The Kier molecular flexibility index (Phi) is 6.28. The Hall–Kier alpha value is -2.44. The molecule has 0 saturated carbocycles. The second-order valence-corrected chi connectivity index (χ2v) is 5.96. The number of hydrogen-bond donors (Lipinski definition) is 2. The Morgan fingerprint density at radius 1 is 1.25 bits per heavy atom. The summed E-state index contributed by atoms with van der Waals surface area (Å²) >= 11 is 0. The predicted molar refractivity (Wildman–Crippen MR) is 90.5 cm³/mol. The maximum absolute atomic E-state index is 12.1. The number of pyridine rings is 1. The quantitative estimate of drug-likeness (QED) is 0.683. The van der Waals surface area contributed by atoms with E-state index in [1.54, 1.807) is 6.07 Å². The van der Waals surface area contributed by atoms with Gasteiger partial charge in [0.1, 0.15) is 0 Å². The lowest BCUT2D eigenvalue weighted by molar-refractivity contribution is -0.137. The third-order valence-electron chi connectivity index (χ3n) is 3.95. The van der Waals surface area contributed by atoms with Gasteiger partial charge in [-0.3, -0.25) is 14.6 Å². The van der Waals surface area contributed by atoms with Gasteiger partial charge in [-0.05, 0) is 37.3 Å². The summed E-state index contributed by atoms with van der Waals surface area (Å²) in [6.45, 7) is 2.71. The van der Waals surface area contributed by atoms with E-state index < -0.39 is 17.2 Å². The molecule has 130 valence electrons. The molecule has 0 atom stereocenters. The van der Waals surface area contributed by atoms with Crippen LogP contribution in [0.1, 0.15) is 51.0 Å². The van der Waals surface area contributed by atoms with Gasteiger partial charge in [-0.2, -0.15) is 4.98 Å². The molecule has 7 nitrogen and oxygen atoms in total. The van der Waals surface area contributed by atoms with E-state index in [1.807, 2.05) is 10.8 Å². The van der Waals surface area contributed by atoms with Gasteiger partial charge in [-0.15, -0.1) is 0 Å². The number of unbranched alkanes of at least 4 members (excludes halogenated alkanes) is 3. The normalized spacial score (nSPS) is 11.0. The summed E-state index contributed by atoms with van der Waals surface area (Å²) in [5, 5.41) is 8.66. The fourth-order valence-corrected chi connectivity index (χ4v) is 2.71. The van der Waals surface area contributed by atoms with Crippen molar-refractivity contribution < 1.29 is 9.90 Å². The molecular weight excluding hydrogens is 310 g/mol. The molecule has 2 aliphatic rings. The summed E-state index contributed by atoms with van der Waals surface area (Å²) in [6.07, 6.45) is 7.20. The molecule has 0 bridgehead atoms. The molecule has 2 aliphatic heterocycles. The molecular formula is C17H23N3O4. The fourth-order valence-electron chi connectivity index (χ4n) is 2.71. The first-order valence-corrected chi connectivity index (χ1v) is 8.36. The maximum atomic E-state index is 12.1. The van der Waals surface area contributed by atoms with Gasteiger partial charge in [-0.25, -0.2) is 4.79 Å². The number of aromatic nitrogens is 3. The summed E-state index contributed by atoms with van der Waals surface area (Å²) in [6, 6.07) is 1.80. The average Bonchev–Trinajstić information content (AvgIpc) is 2.52. The van der Waals surface area contributed by atoms with Crippen molar-refractivity contribution in [2.24, 2.45) is 0 Å². The van der Waals surface area contributed by atoms with Crippen molar-refractivity contribution in [1.82, 2.24) is 14.5 Å². The van der Waals surface area contributed by atoms with Crippen LogP contribution >= 0.6 is 0 Å². The molecule has 0 aliphatic carbocycles. The van der Waals surface area contributed by atoms with Crippen molar-refractivity contribution in [2.45, 2.75) is 58.4 Å². The Morgan fingerprint density at radius 3 is 2.75 bits per heavy atom. The third kappa shape index (κ3) is 4.78. The van der Waals surface area contributed by atoms with Crippen LogP contribution in [0.4, 0.5) is 0 Å². The zero-order valence-corrected chi connectivity index (χ0v) is 13.9. The summed E-state index contributed by atoms with van der Waals surface area (Å²) in [5.41, 5.74) is 0.408. The summed E-state index contributed by atoms with van der Waals surface area (Å²) in [7, 11) is 0. The molecule has 0 amide bonds. The molecule has 0 unspecified atom stereocenters. The first-order valence-electron chi connectivity index (χ1n) is 8.36. The van der Waals surface area contributed by atoms with Gasteiger partial charge in [0, 0.05) is 19.2 Å². The number of aromatic amines is 1. The van der Waals surface area contributed by atoms with Crippen LogP contribution in [0, 0.1) is 0 Å². The number of aliphatic carboxylic acids is 1. The number of carbonyl (C=O) groups is 1. The molecule has 2 rings (SSSR count). The van der Waals surface area contributed by atoms with E-state index in [2.05, 4.69) is 16.9 Å². The van der Waals surface area contributed by atoms with Crippen molar-refractivity contribution >= 4 is 5.97 Å². The summed E-state index contributed by atoms with van der Waals surface area (Å²) in [5.74, 6) is -0.402. The lowest BCUT2D eigenvalue weighted by Crippen LogP contribution is -2.27. The lowest BCUT2D eigenvalue weighted by atomic mass is 10.1. The topological polar surface area (TPSA) is 105 Å². The predicted octanol–water partition coefficient (Wildman–Crippen LogP) is 2.02. The van der Waals surface area contributed by atoms with E-state index in [4.69, 9.17) is 5.11 Å². The average molecular weight is 333 g/mol. The number of nitrogens with zero attached hydrogens (tertiary/aromatic N) is 2. The van der Waals surface area contributed by atoms with Crippen LogP contribution < -0.4 is 11.2 Å². The zero-order valence-electron chi connectivity index (χ0n) is 13.9.